The zero-order chi connectivity index (χ0) is 18.7. The molecule has 0 fully saturated rings. The van der Waals surface area contributed by atoms with Crippen molar-refractivity contribution in [3.8, 4) is 11.5 Å². The van der Waals surface area contributed by atoms with E-state index in [0.29, 0.717) is 24.0 Å². The number of hydrogen-bond donors (Lipinski definition) is 1. The van der Waals surface area contributed by atoms with Crippen LogP contribution in [0.2, 0.25) is 0 Å². The van der Waals surface area contributed by atoms with Gasteiger partial charge in [0.1, 0.15) is 0 Å². The van der Waals surface area contributed by atoms with Gasteiger partial charge >= 0.3 is 5.97 Å². The molecule has 25 heavy (non-hydrogen) atoms. The van der Waals surface area contributed by atoms with Crippen LogP contribution < -0.4 is 14.8 Å². The number of ether oxygens (including phenoxy) is 3. The minimum atomic E-state index is -0.359. The SMILES string of the molecule is COC(=O)CCNC(=O)/C=C/c1ccc(OCCC(C)C)c(OC)c1. The molecule has 0 atom stereocenters. The number of carbonyl (C=O) groups is 2. The molecule has 1 aromatic rings. The monoisotopic (exact) mass is 349 g/mol. The van der Waals surface area contributed by atoms with Crippen molar-refractivity contribution >= 4 is 18.0 Å². The number of amides is 1. The van der Waals surface area contributed by atoms with Crippen LogP contribution >= 0.6 is 0 Å². The lowest BCUT2D eigenvalue weighted by atomic mass is 10.1. The van der Waals surface area contributed by atoms with Crippen molar-refractivity contribution in [1.29, 1.82) is 0 Å². The Hall–Kier alpha value is -2.50. The molecule has 1 amide bonds. The third kappa shape index (κ3) is 8.24. The Balaban J connectivity index is 2.57. The molecule has 0 bridgehead atoms. The average Bonchev–Trinajstić information content (AvgIpc) is 2.60. The van der Waals surface area contributed by atoms with Crippen molar-refractivity contribution in [2.24, 2.45) is 5.92 Å². The van der Waals surface area contributed by atoms with Gasteiger partial charge in [0.15, 0.2) is 11.5 Å². The molecule has 6 nitrogen and oxygen atoms in total. The Morgan fingerprint density at radius 1 is 1.20 bits per heavy atom. The second kappa shape index (κ2) is 11.1. The topological polar surface area (TPSA) is 73.9 Å². The number of methoxy groups -OCH3 is 2. The summed E-state index contributed by atoms with van der Waals surface area (Å²) in [4.78, 5) is 22.7. The van der Waals surface area contributed by atoms with Crippen LogP contribution in [-0.4, -0.2) is 39.2 Å². The molecule has 0 saturated heterocycles. The van der Waals surface area contributed by atoms with E-state index in [-0.39, 0.29) is 24.8 Å². The van der Waals surface area contributed by atoms with Crippen LogP contribution in [0, 0.1) is 5.92 Å². The van der Waals surface area contributed by atoms with Crippen LogP contribution in [-0.2, 0) is 14.3 Å². The van der Waals surface area contributed by atoms with Crippen LogP contribution in [0.1, 0.15) is 32.3 Å². The molecular formula is C19H27NO5. The fraction of sp³-hybridized carbons (Fsp3) is 0.474. The Kier molecular flexibility index (Phi) is 9.14. The van der Waals surface area contributed by atoms with Gasteiger partial charge in [-0.15, -0.1) is 0 Å². The highest BCUT2D eigenvalue weighted by molar-refractivity contribution is 5.92. The van der Waals surface area contributed by atoms with Gasteiger partial charge in [-0.2, -0.15) is 0 Å². The average molecular weight is 349 g/mol. The fourth-order valence-electron chi connectivity index (χ4n) is 1.93. The minimum Gasteiger partial charge on any atom is -0.493 e. The lowest BCUT2D eigenvalue weighted by molar-refractivity contribution is -0.140. The summed E-state index contributed by atoms with van der Waals surface area (Å²) in [6, 6.07) is 5.49. The number of hydrogen-bond acceptors (Lipinski definition) is 5. The molecule has 1 N–H and O–H groups in total. The first kappa shape index (κ1) is 20.5. The summed E-state index contributed by atoms with van der Waals surface area (Å²) in [6.07, 6.45) is 4.20. The Labute approximate surface area is 149 Å². The molecule has 6 heteroatoms. The number of benzene rings is 1. The molecule has 0 saturated carbocycles. The normalized spacial score (nSPS) is 10.8. The second-order valence-electron chi connectivity index (χ2n) is 5.89. The highest BCUT2D eigenvalue weighted by Gasteiger charge is 2.06. The molecule has 0 aliphatic rings. The maximum absolute atomic E-state index is 11.7. The van der Waals surface area contributed by atoms with Crippen LogP contribution in [0.5, 0.6) is 11.5 Å². The van der Waals surface area contributed by atoms with Crippen molar-refractivity contribution in [2.45, 2.75) is 26.7 Å². The minimum absolute atomic E-state index is 0.145. The van der Waals surface area contributed by atoms with Gasteiger partial charge in [0.05, 0.1) is 27.2 Å². The van der Waals surface area contributed by atoms with Crippen LogP contribution in [0.15, 0.2) is 24.3 Å². The maximum Gasteiger partial charge on any atom is 0.307 e. The predicted molar refractivity (Wildman–Crippen MR) is 96.6 cm³/mol. The Morgan fingerprint density at radius 2 is 1.96 bits per heavy atom. The van der Waals surface area contributed by atoms with Crippen molar-refractivity contribution in [1.82, 2.24) is 5.32 Å². The van der Waals surface area contributed by atoms with E-state index in [1.165, 1.54) is 13.2 Å². The van der Waals surface area contributed by atoms with Gasteiger partial charge < -0.3 is 19.5 Å². The first-order valence-electron chi connectivity index (χ1n) is 8.29. The number of nitrogens with one attached hydrogen (secondary N) is 1. The largest absolute Gasteiger partial charge is 0.493 e. The van der Waals surface area contributed by atoms with Crippen LogP contribution in [0.3, 0.4) is 0 Å². The maximum atomic E-state index is 11.7. The Morgan fingerprint density at radius 3 is 2.60 bits per heavy atom. The first-order chi connectivity index (χ1) is 12.0. The number of esters is 1. The highest BCUT2D eigenvalue weighted by Crippen LogP contribution is 2.28. The van der Waals surface area contributed by atoms with Gasteiger partial charge in [-0.05, 0) is 36.1 Å². The van der Waals surface area contributed by atoms with E-state index in [0.717, 1.165) is 12.0 Å². The summed E-state index contributed by atoms with van der Waals surface area (Å²) in [7, 11) is 2.89. The summed E-state index contributed by atoms with van der Waals surface area (Å²) in [5, 5.41) is 2.61. The molecule has 138 valence electrons. The highest BCUT2D eigenvalue weighted by atomic mass is 16.5. The molecule has 0 aliphatic carbocycles. The fourth-order valence-corrected chi connectivity index (χ4v) is 1.93. The van der Waals surface area contributed by atoms with Crippen molar-refractivity contribution in [2.75, 3.05) is 27.4 Å². The Bertz CT molecular complexity index is 595. The van der Waals surface area contributed by atoms with Crippen molar-refractivity contribution in [3.05, 3.63) is 29.8 Å². The first-order valence-corrected chi connectivity index (χ1v) is 8.29. The van der Waals surface area contributed by atoms with Gasteiger partial charge in [-0.3, -0.25) is 9.59 Å². The number of carbonyl (C=O) groups excluding carboxylic acids is 2. The summed E-state index contributed by atoms with van der Waals surface area (Å²) >= 11 is 0. The number of rotatable bonds is 10. The van der Waals surface area contributed by atoms with E-state index in [1.54, 1.807) is 13.2 Å². The molecule has 0 spiro atoms. The van der Waals surface area contributed by atoms with Gasteiger partial charge in [0.25, 0.3) is 0 Å². The lowest BCUT2D eigenvalue weighted by Gasteiger charge is -2.12. The summed E-state index contributed by atoms with van der Waals surface area (Å²) in [6.45, 7) is 5.16. The molecule has 0 radical (unpaired) electrons. The molecule has 1 aromatic carbocycles. The van der Waals surface area contributed by atoms with Crippen LogP contribution in [0.4, 0.5) is 0 Å². The van der Waals surface area contributed by atoms with Crippen molar-refractivity contribution < 1.29 is 23.8 Å². The third-order valence-corrected chi connectivity index (χ3v) is 3.42. The van der Waals surface area contributed by atoms with Gasteiger partial charge in [-0.25, -0.2) is 0 Å². The van der Waals surface area contributed by atoms with E-state index in [2.05, 4.69) is 23.9 Å². The quantitative estimate of drug-likeness (QED) is 0.519. The van der Waals surface area contributed by atoms with Gasteiger partial charge in [0, 0.05) is 12.6 Å². The summed E-state index contributed by atoms with van der Waals surface area (Å²) < 4.78 is 15.6. The smallest absolute Gasteiger partial charge is 0.307 e. The van der Waals surface area contributed by atoms with E-state index in [1.807, 2.05) is 18.2 Å². The molecule has 1 rings (SSSR count). The summed E-state index contributed by atoms with van der Waals surface area (Å²) in [5.41, 5.74) is 0.816. The van der Waals surface area contributed by atoms with Gasteiger partial charge in [-0.1, -0.05) is 19.9 Å². The second-order valence-corrected chi connectivity index (χ2v) is 5.89. The third-order valence-electron chi connectivity index (χ3n) is 3.42. The van der Waals surface area contributed by atoms with Gasteiger partial charge in [0.2, 0.25) is 5.91 Å². The van der Waals surface area contributed by atoms with Crippen LogP contribution in [0.25, 0.3) is 6.08 Å². The summed E-state index contributed by atoms with van der Waals surface area (Å²) in [5.74, 6) is 1.24. The predicted octanol–water partition coefficient (Wildman–Crippen LogP) is 2.81. The molecule has 0 heterocycles. The lowest BCUT2D eigenvalue weighted by Crippen LogP contribution is -2.24. The van der Waals surface area contributed by atoms with E-state index in [4.69, 9.17) is 9.47 Å². The molecule has 0 unspecified atom stereocenters. The molecule has 0 aliphatic heterocycles. The molecular weight excluding hydrogens is 322 g/mol. The van der Waals surface area contributed by atoms with E-state index >= 15 is 0 Å². The zero-order valence-corrected chi connectivity index (χ0v) is 15.3. The van der Waals surface area contributed by atoms with E-state index in [9.17, 15) is 9.59 Å². The molecule has 0 aromatic heterocycles. The van der Waals surface area contributed by atoms with E-state index < -0.39 is 0 Å². The zero-order valence-electron chi connectivity index (χ0n) is 15.3. The standard InChI is InChI=1S/C19H27NO5/c1-14(2)10-12-25-16-7-5-15(13-17(16)23-3)6-8-18(21)20-11-9-19(22)24-4/h5-8,13-14H,9-12H2,1-4H3,(H,20,21)/b8-6+. The van der Waals surface area contributed by atoms with Crippen molar-refractivity contribution in [3.63, 3.8) is 0 Å².